The molecular weight excluding hydrogens is 964 g/mol. The summed E-state index contributed by atoms with van der Waals surface area (Å²) in [6, 6.07) is 0. The van der Waals surface area contributed by atoms with Gasteiger partial charge >= 0.3 is 49.4 Å². The van der Waals surface area contributed by atoms with Gasteiger partial charge in [0, 0.05) is 23.7 Å². The minimum absolute atomic E-state index is 0.363. The van der Waals surface area contributed by atoms with Crippen molar-refractivity contribution in [3.8, 4) is 0 Å². The fourth-order valence-electron chi connectivity index (χ4n) is 8.74. The van der Waals surface area contributed by atoms with E-state index in [1.807, 2.05) is 0 Å². The van der Waals surface area contributed by atoms with Gasteiger partial charge in [-0.2, -0.15) is 105 Å². The predicted octanol–water partition coefficient (Wildman–Crippen LogP) is 10.3. The quantitative estimate of drug-likeness (QED) is 0.122. The number of aliphatic hydroxyl groups is 1. The first-order valence-corrected chi connectivity index (χ1v) is 18.7. The molecule has 64 heavy (non-hydrogen) atoms. The van der Waals surface area contributed by atoms with Gasteiger partial charge in [0.25, 0.3) is 22.4 Å². The van der Waals surface area contributed by atoms with Crippen molar-refractivity contribution < 1.29 is 139 Å². The Balaban J connectivity index is 1.64. The molecule has 0 spiro atoms. The summed E-state index contributed by atoms with van der Waals surface area (Å²) in [6.07, 6.45) is -73.0. The number of alkyl halides is 24. The highest BCUT2D eigenvalue weighted by atomic mass is 19.4. The average molecular weight is 1000 g/mol. The molecule has 4 fully saturated rings. The normalized spacial score (nSPS) is 27.1. The van der Waals surface area contributed by atoms with E-state index in [0.29, 0.717) is 0 Å². The minimum Gasteiger partial charge on any atom is -0.388 e. The molecular formula is C33H36F24O7. The summed E-state index contributed by atoms with van der Waals surface area (Å²) in [7, 11) is 0. The van der Waals surface area contributed by atoms with Crippen molar-refractivity contribution in [1.29, 1.82) is 0 Å². The molecule has 7 nitrogen and oxygen atoms in total. The molecule has 31 heteroatoms. The van der Waals surface area contributed by atoms with Crippen LogP contribution in [0, 0.1) is 23.7 Å². The van der Waals surface area contributed by atoms with E-state index in [-0.39, 0.29) is 6.61 Å². The van der Waals surface area contributed by atoms with E-state index in [9.17, 15) is 110 Å². The van der Waals surface area contributed by atoms with Crippen LogP contribution in [0.2, 0.25) is 0 Å². The smallest absolute Gasteiger partial charge is 0.388 e. The Kier molecular flexibility index (Phi) is 15.2. The molecule has 5 atom stereocenters. The van der Waals surface area contributed by atoms with E-state index in [2.05, 4.69) is 28.4 Å². The van der Waals surface area contributed by atoms with Gasteiger partial charge in [-0.1, -0.05) is 6.42 Å². The Bertz CT molecular complexity index is 1470. The van der Waals surface area contributed by atoms with Crippen LogP contribution in [0.3, 0.4) is 0 Å². The van der Waals surface area contributed by atoms with Crippen LogP contribution in [0.25, 0.3) is 0 Å². The lowest BCUT2D eigenvalue weighted by atomic mass is 9.66. The van der Waals surface area contributed by atoms with Gasteiger partial charge in [-0.25, -0.2) is 0 Å². The highest BCUT2D eigenvalue weighted by Gasteiger charge is 2.81. The maximum Gasteiger partial charge on any atom is 0.426 e. The van der Waals surface area contributed by atoms with Gasteiger partial charge in [-0.05, 0) is 44.9 Å². The molecule has 0 aromatic heterocycles. The third-order valence-electron chi connectivity index (χ3n) is 11.9. The third-order valence-corrected chi connectivity index (χ3v) is 11.9. The Hall–Kier alpha value is -1.96. The maximum absolute atomic E-state index is 14.6. The molecule has 0 amide bonds. The highest BCUT2D eigenvalue weighted by Crippen LogP contribution is 2.62. The second kappa shape index (κ2) is 17.8. The summed E-state index contributed by atoms with van der Waals surface area (Å²) in [6.45, 7) is -8.89. The van der Waals surface area contributed by atoms with E-state index < -0.39 is 198 Å². The molecule has 4 aliphatic rings. The summed E-state index contributed by atoms with van der Waals surface area (Å²) in [5.74, 6) is -12.9. The van der Waals surface area contributed by atoms with Crippen molar-refractivity contribution in [2.24, 2.45) is 23.7 Å². The van der Waals surface area contributed by atoms with Crippen molar-refractivity contribution in [2.75, 3.05) is 39.6 Å². The Morgan fingerprint density at radius 3 is 0.859 bits per heavy atom. The predicted molar refractivity (Wildman–Crippen MR) is 160 cm³/mol. The highest BCUT2D eigenvalue weighted by molar-refractivity contribution is 5.10. The molecule has 0 aromatic rings. The van der Waals surface area contributed by atoms with Gasteiger partial charge in [0.2, 0.25) is 0 Å². The molecule has 2 saturated heterocycles. The summed E-state index contributed by atoms with van der Waals surface area (Å²) >= 11 is 0. The molecule has 0 radical (unpaired) electrons. The van der Waals surface area contributed by atoms with Crippen LogP contribution in [0.4, 0.5) is 105 Å². The fourth-order valence-corrected chi connectivity index (χ4v) is 8.74. The van der Waals surface area contributed by atoms with E-state index in [1.165, 1.54) is 0 Å². The van der Waals surface area contributed by atoms with Crippen LogP contribution in [-0.2, 0) is 28.4 Å². The second-order valence-electron chi connectivity index (χ2n) is 15.8. The first-order chi connectivity index (χ1) is 28.7. The van der Waals surface area contributed by atoms with Crippen molar-refractivity contribution in [3.05, 3.63) is 0 Å². The maximum atomic E-state index is 14.6. The number of ether oxygens (including phenoxy) is 6. The van der Waals surface area contributed by atoms with Crippen molar-refractivity contribution in [3.63, 3.8) is 0 Å². The van der Waals surface area contributed by atoms with E-state index in [4.69, 9.17) is 0 Å². The third kappa shape index (κ3) is 10.1. The zero-order chi connectivity index (χ0) is 49.2. The number of rotatable bonds is 16. The molecule has 1 N–H and O–H groups in total. The molecule has 0 bridgehead atoms. The van der Waals surface area contributed by atoms with Gasteiger partial charge in [-0.3, -0.25) is 0 Å². The van der Waals surface area contributed by atoms with Crippen LogP contribution < -0.4 is 0 Å². The zero-order valence-electron chi connectivity index (χ0n) is 31.9. The first-order valence-electron chi connectivity index (χ1n) is 18.7. The Labute approximate surface area is 344 Å². The van der Waals surface area contributed by atoms with Crippen LogP contribution in [0.15, 0.2) is 0 Å². The van der Waals surface area contributed by atoms with E-state index in [1.54, 1.807) is 0 Å². The van der Waals surface area contributed by atoms with Crippen LogP contribution in [-0.4, -0.2) is 135 Å². The molecule has 378 valence electrons. The molecule has 2 aliphatic carbocycles. The Morgan fingerprint density at radius 2 is 0.609 bits per heavy atom. The molecule has 2 aliphatic heterocycles. The van der Waals surface area contributed by atoms with E-state index in [0.717, 1.165) is 0 Å². The fraction of sp³-hybridized carbons (Fsp3) is 1.00. The standard InChI is InChI=1S/C33H36F24O7/c34-26(35,36)22(27(37,38)39,15-4-6-16(7-5-15)23(28(40,41)42,29(43,44)45)63-13-20-11-59-20)61-9-19(58)10-62-24(30(46,47)48,31(49,50)51)17-2-1-3-18(8-17)25(32(52,53)54,33(55,56)57)64-14-21-12-60-21/h15-21,58H,1-14H2. The average Bonchev–Trinajstić information content (AvgIpc) is 4.02. The molecule has 2 saturated carbocycles. The topological polar surface area (TPSA) is 82.2 Å². The SMILES string of the molecule is OC(COC(C1CCC(C(OCC2CO2)(C(F)(F)F)C(F)(F)F)CC1)(C(F)(F)F)C(F)(F)F)COC(C1CCCC(C(OCC2CO2)(C(F)(F)F)C(F)(F)F)C1)(C(F)(F)F)C(F)(F)F. The summed E-state index contributed by atoms with van der Waals surface area (Å²) in [5, 5.41) is 10.3. The lowest BCUT2D eigenvalue weighted by Gasteiger charge is -2.50. The van der Waals surface area contributed by atoms with Crippen molar-refractivity contribution in [2.45, 2.75) is 141 Å². The van der Waals surface area contributed by atoms with Crippen LogP contribution >= 0.6 is 0 Å². The molecule has 0 aromatic carbocycles. The monoisotopic (exact) mass is 1000 g/mol. The van der Waals surface area contributed by atoms with E-state index >= 15 is 0 Å². The van der Waals surface area contributed by atoms with Crippen molar-refractivity contribution in [1.82, 2.24) is 0 Å². The lowest BCUT2D eigenvalue weighted by Crippen LogP contribution is -2.68. The summed E-state index contributed by atoms with van der Waals surface area (Å²) in [4.78, 5) is 0. The minimum atomic E-state index is -6.92. The van der Waals surface area contributed by atoms with Crippen LogP contribution in [0.5, 0.6) is 0 Å². The van der Waals surface area contributed by atoms with Gasteiger partial charge in [0.15, 0.2) is 0 Å². The summed E-state index contributed by atoms with van der Waals surface area (Å²) in [5.41, 5.74) is -22.2. The van der Waals surface area contributed by atoms with Crippen molar-refractivity contribution >= 4 is 0 Å². The number of halogens is 24. The van der Waals surface area contributed by atoms with Gasteiger partial charge in [-0.15, -0.1) is 0 Å². The number of epoxide rings is 2. The molecule has 2 heterocycles. The summed E-state index contributed by atoms with van der Waals surface area (Å²) < 4.78 is 371. The van der Waals surface area contributed by atoms with Crippen LogP contribution in [0.1, 0.15) is 51.4 Å². The first kappa shape index (κ1) is 54.6. The van der Waals surface area contributed by atoms with Gasteiger partial charge < -0.3 is 33.5 Å². The molecule has 4 rings (SSSR count). The Morgan fingerprint density at radius 1 is 0.375 bits per heavy atom. The number of aliphatic hydroxyl groups excluding tert-OH is 1. The number of hydrogen-bond donors (Lipinski definition) is 1. The van der Waals surface area contributed by atoms with Gasteiger partial charge in [0.05, 0.1) is 39.6 Å². The van der Waals surface area contributed by atoms with Gasteiger partial charge in [0.1, 0.15) is 18.3 Å². The lowest BCUT2D eigenvalue weighted by molar-refractivity contribution is -0.419. The second-order valence-corrected chi connectivity index (χ2v) is 15.8. The zero-order valence-corrected chi connectivity index (χ0v) is 31.9. The molecule has 5 unspecified atom stereocenters. The largest absolute Gasteiger partial charge is 0.426 e. The number of hydrogen-bond acceptors (Lipinski definition) is 7.